The van der Waals surface area contributed by atoms with Crippen LogP contribution in [0.1, 0.15) is 21.0 Å². The van der Waals surface area contributed by atoms with E-state index in [1.54, 1.807) is 42.1 Å². The van der Waals surface area contributed by atoms with Crippen molar-refractivity contribution < 1.29 is 18.4 Å². The third-order valence-electron chi connectivity index (χ3n) is 3.45. The van der Waals surface area contributed by atoms with E-state index in [0.29, 0.717) is 17.0 Å². The minimum absolute atomic E-state index is 0.0210. The SMILES string of the molecule is Cn1cc(Br)cc1C(=O)NNC(=O)c1ccc(-c2ccc(F)cc2)o1. The number of hydrogen-bond acceptors (Lipinski definition) is 3. The van der Waals surface area contributed by atoms with E-state index in [1.165, 1.54) is 18.2 Å². The van der Waals surface area contributed by atoms with Gasteiger partial charge in [-0.25, -0.2) is 4.39 Å². The van der Waals surface area contributed by atoms with E-state index in [9.17, 15) is 14.0 Å². The standard InChI is InChI=1S/C17H13BrFN3O3/c1-22-9-11(18)8-13(22)16(23)20-21-17(24)15-7-6-14(25-15)10-2-4-12(19)5-3-10/h2-9H,1H3,(H,20,23)(H,21,24). The van der Waals surface area contributed by atoms with Crippen LogP contribution in [-0.2, 0) is 7.05 Å². The Morgan fingerprint density at radius 2 is 1.76 bits per heavy atom. The van der Waals surface area contributed by atoms with E-state index >= 15 is 0 Å². The Bertz CT molecular complexity index is 931. The molecule has 0 saturated heterocycles. The number of aryl methyl sites for hydroxylation is 1. The first-order valence-corrected chi connectivity index (χ1v) is 8.01. The lowest BCUT2D eigenvalue weighted by Gasteiger charge is -2.06. The Kier molecular flexibility index (Phi) is 4.71. The maximum atomic E-state index is 12.9. The van der Waals surface area contributed by atoms with Gasteiger partial charge in [-0.2, -0.15) is 0 Å². The molecule has 0 saturated carbocycles. The first-order valence-electron chi connectivity index (χ1n) is 7.22. The Morgan fingerprint density at radius 1 is 1.08 bits per heavy atom. The van der Waals surface area contributed by atoms with Gasteiger partial charge in [0.15, 0.2) is 5.76 Å². The smallest absolute Gasteiger partial charge is 0.305 e. The zero-order valence-corrected chi connectivity index (χ0v) is 14.6. The summed E-state index contributed by atoms with van der Waals surface area (Å²) in [6.07, 6.45) is 1.72. The lowest BCUT2D eigenvalue weighted by molar-refractivity contribution is 0.0827. The normalized spacial score (nSPS) is 10.5. The average Bonchev–Trinajstić information content (AvgIpc) is 3.20. The Morgan fingerprint density at radius 3 is 2.40 bits per heavy atom. The summed E-state index contributed by atoms with van der Waals surface area (Å²) in [5, 5.41) is 0. The number of hydrogen-bond donors (Lipinski definition) is 2. The highest BCUT2D eigenvalue weighted by Crippen LogP contribution is 2.22. The van der Waals surface area contributed by atoms with Gasteiger partial charge in [-0.15, -0.1) is 0 Å². The summed E-state index contributed by atoms with van der Waals surface area (Å²) >= 11 is 3.27. The Hall–Kier alpha value is -2.87. The molecule has 1 aromatic carbocycles. The molecule has 0 bridgehead atoms. The van der Waals surface area contributed by atoms with E-state index in [4.69, 9.17) is 4.42 Å². The fourth-order valence-corrected chi connectivity index (χ4v) is 2.74. The molecule has 2 amide bonds. The minimum atomic E-state index is -0.602. The first-order chi connectivity index (χ1) is 11.9. The molecule has 2 N–H and O–H groups in total. The van der Waals surface area contributed by atoms with Crippen molar-refractivity contribution in [2.45, 2.75) is 0 Å². The van der Waals surface area contributed by atoms with E-state index in [-0.39, 0.29) is 11.6 Å². The summed E-state index contributed by atoms with van der Waals surface area (Å²) in [5.41, 5.74) is 5.62. The molecule has 2 heterocycles. The Labute approximate surface area is 150 Å². The summed E-state index contributed by atoms with van der Waals surface area (Å²) in [6.45, 7) is 0. The molecule has 3 aromatic rings. The van der Waals surface area contributed by atoms with Crippen LogP contribution in [0, 0.1) is 5.82 Å². The topological polar surface area (TPSA) is 76.3 Å². The molecule has 6 nitrogen and oxygen atoms in total. The van der Waals surface area contributed by atoms with Crippen molar-refractivity contribution in [2.75, 3.05) is 0 Å². The van der Waals surface area contributed by atoms with Gasteiger partial charge in [0.05, 0.1) is 0 Å². The number of furan rings is 1. The molecule has 0 radical (unpaired) electrons. The number of nitrogens with one attached hydrogen (secondary N) is 2. The maximum absolute atomic E-state index is 12.9. The molecule has 25 heavy (non-hydrogen) atoms. The molecule has 0 aliphatic carbocycles. The van der Waals surface area contributed by atoms with Crippen LogP contribution >= 0.6 is 15.9 Å². The van der Waals surface area contributed by atoms with Crippen molar-refractivity contribution in [1.82, 2.24) is 15.4 Å². The Balaban J connectivity index is 1.65. The van der Waals surface area contributed by atoms with Gasteiger partial charge in [-0.1, -0.05) is 0 Å². The monoisotopic (exact) mass is 405 g/mol. The van der Waals surface area contributed by atoms with E-state index in [1.807, 2.05) is 0 Å². The number of halogens is 2. The second-order valence-electron chi connectivity index (χ2n) is 5.23. The summed E-state index contributed by atoms with van der Waals surface area (Å²) in [6, 6.07) is 10.4. The van der Waals surface area contributed by atoms with Crippen molar-refractivity contribution in [3.8, 4) is 11.3 Å². The highest BCUT2D eigenvalue weighted by atomic mass is 79.9. The number of nitrogens with zero attached hydrogens (tertiary/aromatic N) is 1. The predicted molar refractivity (Wildman–Crippen MR) is 92.1 cm³/mol. The molecule has 2 aromatic heterocycles. The number of carbonyl (C=O) groups excluding carboxylic acids is 2. The summed E-state index contributed by atoms with van der Waals surface area (Å²) in [7, 11) is 1.71. The highest BCUT2D eigenvalue weighted by molar-refractivity contribution is 9.10. The van der Waals surface area contributed by atoms with Crippen LogP contribution in [0.25, 0.3) is 11.3 Å². The average molecular weight is 406 g/mol. The lowest BCUT2D eigenvalue weighted by Crippen LogP contribution is -2.42. The third kappa shape index (κ3) is 3.80. The van der Waals surface area contributed by atoms with Crippen molar-refractivity contribution in [3.05, 3.63) is 70.4 Å². The quantitative estimate of drug-likeness (QED) is 0.656. The van der Waals surface area contributed by atoms with Crippen LogP contribution in [-0.4, -0.2) is 16.4 Å². The molecule has 128 valence electrons. The van der Waals surface area contributed by atoms with Crippen molar-refractivity contribution in [3.63, 3.8) is 0 Å². The molecular weight excluding hydrogens is 393 g/mol. The molecule has 3 rings (SSSR count). The van der Waals surface area contributed by atoms with Crippen LogP contribution in [0.5, 0.6) is 0 Å². The minimum Gasteiger partial charge on any atom is -0.451 e. The molecule has 0 aliphatic heterocycles. The first kappa shape index (κ1) is 17.0. The van der Waals surface area contributed by atoms with Gasteiger partial charge in [0, 0.05) is 23.3 Å². The summed E-state index contributed by atoms with van der Waals surface area (Å²) in [4.78, 5) is 24.1. The van der Waals surface area contributed by atoms with Crippen LogP contribution in [0.4, 0.5) is 4.39 Å². The van der Waals surface area contributed by atoms with Crippen LogP contribution < -0.4 is 10.9 Å². The van der Waals surface area contributed by atoms with Gasteiger partial charge in [0.25, 0.3) is 5.91 Å². The van der Waals surface area contributed by atoms with E-state index in [2.05, 4.69) is 26.8 Å². The van der Waals surface area contributed by atoms with Crippen LogP contribution in [0.3, 0.4) is 0 Å². The fourth-order valence-electron chi connectivity index (χ4n) is 2.22. The molecular formula is C17H13BrFN3O3. The number of amides is 2. The van der Waals surface area contributed by atoms with Crippen LogP contribution in [0.15, 0.2) is 57.6 Å². The third-order valence-corrected chi connectivity index (χ3v) is 3.89. The van der Waals surface area contributed by atoms with Gasteiger partial charge in [-0.05, 0) is 58.4 Å². The van der Waals surface area contributed by atoms with Crippen molar-refractivity contribution in [1.29, 1.82) is 0 Å². The number of benzene rings is 1. The molecule has 0 spiro atoms. The van der Waals surface area contributed by atoms with Gasteiger partial charge < -0.3 is 8.98 Å². The molecule has 0 atom stereocenters. The number of carbonyl (C=O) groups is 2. The van der Waals surface area contributed by atoms with Gasteiger partial charge >= 0.3 is 5.91 Å². The zero-order chi connectivity index (χ0) is 18.0. The molecule has 8 heteroatoms. The summed E-state index contributed by atoms with van der Waals surface area (Å²) < 4.78 is 20.7. The zero-order valence-electron chi connectivity index (χ0n) is 13.0. The van der Waals surface area contributed by atoms with E-state index in [0.717, 1.165) is 4.47 Å². The largest absolute Gasteiger partial charge is 0.451 e. The van der Waals surface area contributed by atoms with Gasteiger partial charge in [-0.3, -0.25) is 20.4 Å². The van der Waals surface area contributed by atoms with Crippen molar-refractivity contribution in [2.24, 2.45) is 7.05 Å². The second kappa shape index (κ2) is 6.94. The highest BCUT2D eigenvalue weighted by Gasteiger charge is 2.15. The number of rotatable bonds is 3. The lowest BCUT2D eigenvalue weighted by atomic mass is 10.2. The van der Waals surface area contributed by atoms with Gasteiger partial charge in [0.2, 0.25) is 0 Å². The van der Waals surface area contributed by atoms with Crippen molar-refractivity contribution >= 4 is 27.7 Å². The predicted octanol–water partition coefficient (Wildman–Crippen LogP) is 3.26. The molecule has 0 fully saturated rings. The molecule has 0 unspecified atom stereocenters. The number of hydrazine groups is 1. The maximum Gasteiger partial charge on any atom is 0.305 e. The van der Waals surface area contributed by atoms with Gasteiger partial charge in [0.1, 0.15) is 17.3 Å². The molecule has 0 aliphatic rings. The second-order valence-corrected chi connectivity index (χ2v) is 6.15. The van der Waals surface area contributed by atoms with Crippen LogP contribution in [0.2, 0.25) is 0 Å². The summed E-state index contributed by atoms with van der Waals surface area (Å²) in [5.74, 6) is -0.985. The fraction of sp³-hybridized carbons (Fsp3) is 0.0588. The van der Waals surface area contributed by atoms with E-state index < -0.39 is 11.8 Å². The number of aromatic nitrogens is 1.